The van der Waals surface area contributed by atoms with Crippen LogP contribution in [0.15, 0.2) is 35.2 Å². The van der Waals surface area contributed by atoms with Crippen LogP contribution in [-0.4, -0.2) is 57.7 Å². The lowest BCUT2D eigenvalue weighted by atomic mass is 10.4. The smallest absolute Gasteiger partial charge is 0.324 e. The van der Waals surface area contributed by atoms with Crippen LogP contribution in [0.2, 0.25) is 0 Å². The van der Waals surface area contributed by atoms with Crippen LogP contribution >= 0.6 is 0 Å². The van der Waals surface area contributed by atoms with Crippen molar-refractivity contribution in [1.82, 2.24) is 19.7 Å². The molecule has 0 unspecified atom stereocenters. The van der Waals surface area contributed by atoms with Gasteiger partial charge in [-0.25, -0.2) is 13.1 Å². The fraction of sp³-hybridized carbons (Fsp3) is 0.357. The van der Waals surface area contributed by atoms with Crippen molar-refractivity contribution in [3.8, 4) is 12.0 Å². The molecule has 1 aromatic carbocycles. The molecule has 2 rings (SSSR count). The van der Waals surface area contributed by atoms with Crippen LogP contribution in [0.4, 0.5) is 5.95 Å². The number of methoxy groups -OCH3 is 1. The number of aromatic nitrogens is 3. The van der Waals surface area contributed by atoms with E-state index in [1.54, 1.807) is 37.2 Å². The van der Waals surface area contributed by atoms with Gasteiger partial charge in [-0.05, 0) is 12.1 Å². The van der Waals surface area contributed by atoms with Gasteiger partial charge in [-0.15, -0.1) is 4.98 Å². The van der Waals surface area contributed by atoms with Gasteiger partial charge in [0.15, 0.2) is 0 Å². The van der Waals surface area contributed by atoms with Gasteiger partial charge in [0.1, 0.15) is 6.61 Å². The van der Waals surface area contributed by atoms with E-state index in [0.717, 1.165) is 0 Å². The molecule has 1 N–H and O–H groups in total. The summed E-state index contributed by atoms with van der Waals surface area (Å²) in [4.78, 5) is 14.0. The fourth-order valence-electron chi connectivity index (χ4n) is 1.69. The third-order valence-corrected chi connectivity index (χ3v) is 4.32. The highest BCUT2D eigenvalue weighted by Gasteiger charge is 2.13. The van der Waals surface area contributed by atoms with Crippen LogP contribution in [0.1, 0.15) is 0 Å². The Morgan fingerprint density at radius 2 is 1.75 bits per heavy atom. The number of hydrogen-bond acceptors (Lipinski definition) is 8. The lowest BCUT2D eigenvalue weighted by molar-refractivity contribution is 0.285. The molecule has 0 amide bonds. The normalized spacial score (nSPS) is 11.1. The SMILES string of the molecule is COc1nc(OCCNS(=O)(=O)c2ccccc2)nc(N(C)C)n1. The average molecular weight is 353 g/mol. The molecule has 0 bridgehead atoms. The third-order valence-electron chi connectivity index (χ3n) is 2.84. The molecule has 0 saturated heterocycles. The minimum atomic E-state index is -3.57. The standard InChI is InChI=1S/C14H19N5O4S/c1-19(2)12-16-13(22-3)18-14(17-12)23-10-9-15-24(20,21)11-7-5-4-6-8-11/h4-8,15H,9-10H2,1-3H3. The minimum Gasteiger partial charge on any atom is -0.467 e. The summed E-state index contributed by atoms with van der Waals surface area (Å²) in [6.45, 7) is 0.134. The summed E-state index contributed by atoms with van der Waals surface area (Å²) in [6.07, 6.45) is 0. The van der Waals surface area contributed by atoms with E-state index in [1.165, 1.54) is 19.2 Å². The van der Waals surface area contributed by atoms with E-state index in [9.17, 15) is 8.42 Å². The molecule has 0 radical (unpaired) electrons. The number of hydrogen-bond donors (Lipinski definition) is 1. The van der Waals surface area contributed by atoms with Crippen LogP contribution in [0.5, 0.6) is 12.0 Å². The van der Waals surface area contributed by atoms with Gasteiger partial charge in [0, 0.05) is 20.6 Å². The van der Waals surface area contributed by atoms with Crippen molar-refractivity contribution in [2.24, 2.45) is 0 Å². The van der Waals surface area contributed by atoms with Crippen LogP contribution < -0.4 is 19.1 Å². The predicted molar refractivity (Wildman–Crippen MR) is 87.8 cm³/mol. The molecule has 9 nitrogen and oxygen atoms in total. The van der Waals surface area contributed by atoms with Crippen molar-refractivity contribution < 1.29 is 17.9 Å². The number of ether oxygens (including phenoxy) is 2. The molecule has 10 heteroatoms. The molecular weight excluding hydrogens is 334 g/mol. The molecule has 2 aromatic rings. The molecule has 0 aliphatic rings. The average Bonchev–Trinajstić information content (AvgIpc) is 2.59. The van der Waals surface area contributed by atoms with E-state index < -0.39 is 10.0 Å². The second-order valence-electron chi connectivity index (χ2n) is 4.86. The number of anilines is 1. The summed E-state index contributed by atoms with van der Waals surface area (Å²) in [5.41, 5.74) is 0. The van der Waals surface area contributed by atoms with Gasteiger partial charge in [0.25, 0.3) is 0 Å². The maximum absolute atomic E-state index is 12.1. The topological polar surface area (TPSA) is 107 Å². The first-order chi connectivity index (χ1) is 11.4. The number of nitrogens with one attached hydrogen (secondary N) is 1. The van der Waals surface area contributed by atoms with E-state index in [2.05, 4.69) is 19.7 Å². The van der Waals surface area contributed by atoms with Gasteiger partial charge in [0.05, 0.1) is 12.0 Å². The maximum atomic E-state index is 12.1. The molecule has 0 fully saturated rings. The van der Waals surface area contributed by atoms with Crippen LogP contribution in [0.3, 0.4) is 0 Å². The molecule has 0 spiro atoms. The Morgan fingerprint density at radius 1 is 1.08 bits per heavy atom. The Hall–Kier alpha value is -2.46. The Labute approximate surface area is 140 Å². The Kier molecular flexibility index (Phi) is 5.88. The molecule has 24 heavy (non-hydrogen) atoms. The van der Waals surface area contributed by atoms with Crippen molar-refractivity contribution in [3.63, 3.8) is 0 Å². The number of nitrogens with zero attached hydrogens (tertiary/aromatic N) is 4. The van der Waals surface area contributed by atoms with Gasteiger partial charge in [-0.1, -0.05) is 18.2 Å². The molecule has 0 atom stereocenters. The van der Waals surface area contributed by atoms with E-state index >= 15 is 0 Å². The lowest BCUT2D eigenvalue weighted by Gasteiger charge is -2.12. The van der Waals surface area contributed by atoms with Crippen molar-refractivity contribution in [1.29, 1.82) is 0 Å². The minimum absolute atomic E-state index is 0.0597. The lowest BCUT2D eigenvalue weighted by Crippen LogP contribution is -2.28. The molecule has 1 aromatic heterocycles. The van der Waals surface area contributed by atoms with Gasteiger partial charge in [0.2, 0.25) is 16.0 Å². The fourth-order valence-corrected chi connectivity index (χ4v) is 2.72. The van der Waals surface area contributed by atoms with Gasteiger partial charge in [-0.2, -0.15) is 9.97 Å². The maximum Gasteiger partial charge on any atom is 0.324 e. The molecule has 1 heterocycles. The molecule has 0 aliphatic heterocycles. The largest absolute Gasteiger partial charge is 0.467 e. The van der Waals surface area contributed by atoms with Crippen LogP contribution in [0, 0.1) is 0 Å². The van der Waals surface area contributed by atoms with Gasteiger partial charge < -0.3 is 14.4 Å². The second-order valence-corrected chi connectivity index (χ2v) is 6.63. The Bertz CT molecular complexity index is 768. The number of rotatable bonds is 8. The summed E-state index contributed by atoms with van der Waals surface area (Å²) < 4.78 is 36.9. The highest BCUT2D eigenvalue weighted by molar-refractivity contribution is 7.89. The first-order valence-electron chi connectivity index (χ1n) is 7.07. The molecule has 130 valence electrons. The van der Waals surface area contributed by atoms with E-state index in [-0.39, 0.29) is 30.1 Å². The monoisotopic (exact) mass is 353 g/mol. The van der Waals surface area contributed by atoms with Crippen molar-refractivity contribution >= 4 is 16.0 Å². The summed E-state index contributed by atoms with van der Waals surface area (Å²) >= 11 is 0. The molecule has 0 aliphatic carbocycles. The van der Waals surface area contributed by atoms with Crippen molar-refractivity contribution in [2.75, 3.05) is 39.3 Å². The first kappa shape index (κ1) is 17.9. The highest BCUT2D eigenvalue weighted by Crippen LogP contribution is 2.14. The van der Waals surface area contributed by atoms with Gasteiger partial charge in [-0.3, -0.25) is 0 Å². The summed E-state index contributed by atoms with van der Waals surface area (Å²) in [5, 5.41) is 0. The zero-order chi connectivity index (χ0) is 17.6. The van der Waals surface area contributed by atoms with Crippen molar-refractivity contribution in [2.45, 2.75) is 4.90 Å². The second kappa shape index (κ2) is 7.88. The first-order valence-corrected chi connectivity index (χ1v) is 8.55. The Morgan fingerprint density at radius 3 is 2.38 bits per heavy atom. The van der Waals surface area contributed by atoms with Gasteiger partial charge >= 0.3 is 12.0 Å². The summed E-state index contributed by atoms with van der Waals surface area (Å²) in [5.74, 6) is 0.377. The summed E-state index contributed by atoms with van der Waals surface area (Å²) in [6, 6.07) is 8.28. The van der Waals surface area contributed by atoms with Crippen LogP contribution in [0.25, 0.3) is 0 Å². The zero-order valence-corrected chi connectivity index (χ0v) is 14.4. The van der Waals surface area contributed by atoms with E-state index in [0.29, 0.717) is 5.95 Å². The number of sulfonamides is 1. The van der Waals surface area contributed by atoms with Crippen LogP contribution in [-0.2, 0) is 10.0 Å². The highest BCUT2D eigenvalue weighted by atomic mass is 32.2. The van der Waals surface area contributed by atoms with E-state index in [1.807, 2.05) is 0 Å². The molecule has 0 saturated carbocycles. The Balaban J connectivity index is 1.94. The zero-order valence-electron chi connectivity index (χ0n) is 13.6. The molecular formula is C14H19N5O4S. The number of benzene rings is 1. The third kappa shape index (κ3) is 4.77. The predicted octanol–water partition coefficient (Wildman–Crippen LogP) is 0.303. The van der Waals surface area contributed by atoms with E-state index in [4.69, 9.17) is 9.47 Å². The quantitative estimate of drug-likeness (QED) is 0.676. The van der Waals surface area contributed by atoms with Crippen molar-refractivity contribution in [3.05, 3.63) is 30.3 Å². The summed E-state index contributed by atoms with van der Waals surface area (Å²) in [7, 11) is 1.41.